The van der Waals surface area contributed by atoms with E-state index < -0.39 is 17.4 Å². The van der Waals surface area contributed by atoms with Gasteiger partial charge >= 0.3 is 0 Å². The lowest BCUT2D eigenvalue weighted by Gasteiger charge is -2.30. The fourth-order valence-corrected chi connectivity index (χ4v) is 5.60. The number of para-hydroxylation sites is 2. The summed E-state index contributed by atoms with van der Waals surface area (Å²) in [4.78, 5) is 41.8. The van der Waals surface area contributed by atoms with Gasteiger partial charge in [0.2, 0.25) is 17.7 Å². The first kappa shape index (κ1) is 18.5. The standard InChI is InChI=1S/C22H20BrN3O3/c1-11(2)18-16-17(20(28)26(19(16)27)15-10-6-4-8-13(15)23)22(25-18)12-7-3-5-9-14(12)24-21(22)29/h3-11,16-18,25H,1-2H3,(H,24,29)/t16-,17+,18+,22+/m1/s1. The largest absolute Gasteiger partial charge is 0.324 e. The number of carbonyl (C=O) groups is 3. The summed E-state index contributed by atoms with van der Waals surface area (Å²) in [7, 11) is 0. The molecule has 5 rings (SSSR count). The average Bonchev–Trinajstić information content (AvgIpc) is 3.28. The van der Waals surface area contributed by atoms with E-state index in [1.807, 2.05) is 44.2 Å². The Morgan fingerprint density at radius 1 is 1.00 bits per heavy atom. The molecule has 1 spiro atoms. The number of rotatable bonds is 2. The Hall–Kier alpha value is -2.51. The highest BCUT2D eigenvalue weighted by atomic mass is 79.9. The number of benzene rings is 2. The zero-order valence-electron chi connectivity index (χ0n) is 16.0. The topological polar surface area (TPSA) is 78.5 Å². The van der Waals surface area contributed by atoms with Gasteiger partial charge in [-0.25, -0.2) is 4.90 Å². The first-order valence-corrected chi connectivity index (χ1v) is 10.5. The molecule has 148 valence electrons. The van der Waals surface area contributed by atoms with Crippen LogP contribution in [0, 0.1) is 17.8 Å². The number of hydrogen-bond donors (Lipinski definition) is 2. The fourth-order valence-electron chi connectivity index (χ4n) is 5.13. The van der Waals surface area contributed by atoms with E-state index in [2.05, 4.69) is 26.6 Å². The van der Waals surface area contributed by atoms with Gasteiger partial charge in [-0.15, -0.1) is 0 Å². The molecule has 6 nitrogen and oxygen atoms in total. The van der Waals surface area contributed by atoms with Crippen molar-refractivity contribution in [3.63, 3.8) is 0 Å². The van der Waals surface area contributed by atoms with Gasteiger partial charge in [-0.2, -0.15) is 0 Å². The van der Waals surface area contributed by atoms with Crippen molar-refractivity contribution in [1.29, 1.82) is 0 Å². The molecule has 0 bridgehead atoms. The predicted octanol–water partition coefficient (Wildman–Crippen LogP) is 3.03. The zero-order valence-corrected chi connectivity index (χ0v) is 17.6. The zero-order chi connectivity index (χ0) is 20.5. The Morgan fingerprint density at radius 2 is 1.69 bits per heavy atom. The van der Waals surface area contributed by atoms with E-state index in [4.69, 9.17) is 0 Å². The molecule has 3 aliphatic heterocycles. The summed E-state index contributed by atoms with van der Waals surface area (Å²) in [6.45, 7) is 4.01. The third kappa shape index (κ3) is 2.28. The van der Waals surface area contributed by atoms with Gasteiger partial charge in [-0.1, -0.05) is 44.2 Å². The van der Waals surface area contributed by atoms with Crippen LogP contribution in [0.5, 0.6) is 0 Å². The van der Waals surface area contributed by atoms with E-state index >= 15 is 0 Å². The Bertz CT molecular complexity index is 1070. The van der Waals surface area contributed by atoms with E-state index in [1.165, 1.54) is 4.90 Å². The summed E-state index contributed by atoms with van der Waals surface area (Å²) in [5, 5.41) is 6.34. The molecule has 3 heterocycles. The van der Waals surface area contributed by atoms with Crippen LogP contribution in [0.15, 0.2) is 53.0 Å². The Labute approximate surface area is 176 Å². The second-order valence-electron chi connectivity index (χ2n) is 8.19. The number of amides is 3. The van der Waals surface area contributed by atoms with Gasteiger partial charge in [0, 0.05) is 21.8 Å². The molecule has 7 heteroatoms. The number of halogens is 1. The molecule has 2 saturated heterocycles. The Morgan fingerprint density at radius 3 is 2.41 bits per heavy atom. The van der Waals surface area contributed by atoms with Crippen LogP contribution in [0.2, 0.25) is 0 Å². The number of anilines is 2. The number of nitrogens with one attached hydrogen (secondary N) is 2. The van der Waals surface area contributed by atoms with E-state index in [-0.39, 0.29) is 29.7 Å². The van der Waals surface area contributed by atoms with Crippen molar-refractivity contribution in [2.24, 2.45) is 17.8 Å². The van der Waals surface area contributed by atoms with Crippen LogP contribution >= 0.6 is 15.9 Å². The number of imide groups is 1. The van der Waals surface area contributed by atoms with Gasteiger partial charge in [0.15, 0.2) is 0 Å². The third-order valence-electron chi connectivity index (χ3n) is 6.37. The first-order chi connectivity index (χ1) is 13.9. The summed E-state index contributed by atoms with van der Waals surface area (Å²) >= 11 is 3.46. The second kappa shape index (κ2) is 6.24. The van der Waals surface area contributed by atoms with E-state index in [0.29, 0.717) is 15.8 Å². The molecule has 2 fully saturated rings. The molecular weight excluding hydrogens is 434 g/mol. The highest BCUT2D eigenvalue weighted by Gasteiger charge is 2.71. The van der Waals surface area contributed by atoms with Crippen LogP contribution in [0.25, 0.3) is 0 Å². The van der Waals surface area contributed by atoms with Crippen molar-refractivity contribution in [2.75, 3.05) is 10.2 Å². The van der Waals surface area contributed by atoms with E-state index in [9.17, 15) is 14.4 Å². The van der Waals surface area contributed by atoms with Gasteiger partial charge in [0.25, 0.3) is 0 Å². The lowest BCUT2D eigenvalue weighted by molar-refractivity contribution is -0.130. The smallest absolute Gasteiger partial charge is 0.250 e. The minimum Gasteiger partial charge on any atom is -0.324 e. The molecule has 0 saturated carbocycles. The number of fused-ring (bicyclic) bond motifs is 4. The van der Waals surface area contributed by atoms with E-state index in [0.717, 1.165) is 5.56 Å². The first-order valence-electron chi connectivity index (χ1n) is 9.69. The summed E-state index contributed by atoms with van der Waals surface area (Å²) in [5.41, 5.74) is 0.700. The maximum absolute atomic E-state index is 13.7. The maximum atomic E-state index is 13.7. The van der Waals surface area contributed by atoms with Crippen molar-refractivity contribution in [3.8, 4) is 0 Å². The predicted molar refractivity (Wildman–Crippen MR) is 112 cm³/mol. The van der Waals surface area contributed by atoms with Crippen LogP contribution in [0.1, 0.15) is 19.4 Å². The minimum absolute atomic E-state index is 0.0679. The lowest BCUT2D eigenvalue weighted by atomic mass is 9.76. The SMILES string of the molecule is CC(C)[C@@H]1N[C@]2(C(=O)Nc3ccccc32)[C@@H]2C(=O)N(c3ccccc3Br)C(=O)[C@H]21. The molecule has 29 heavy (non-hydrogen) atoms. The molecule has 2 aromatic rings. The van der Waals surface area contributed by atoms with Crippen molar-refractivity contribution < 1.29 is 14.4 Å². The number of carbonyl (C=O) groups excluding carboxylic acids is 3. The van der Waals surface area contributed by atoms with Crippen LogP contribution < -0.4 is 15.5 Å². The molecule has 0 radical (unpaired) electrons. The van der Waals surface area contributed by atoms with Gasteiger partial charge in [-0.3, -0.25) is 19.7 Å². The number of hydrogen-bond acceptors (Lipinski definition) is 4. The summed E-state index contributed by atoms with van der Waals surface area (Å²) in [5.74, 6) is -2.20. The second-order valence-corrected chi connectivity index (χ2v) is 9.04. The van der Waals surface area contributed by atoms with Crippen molar-refractivity contribution in [2.45, 2.75) is 25.4 Å². The fraction of sp³-hybridized carbons (Fsp3) is 0.318. The molecule has 4 atom stereocenters. The number of nitrogens with zero attached hydrogens (tertiary/aromatic N) is 1. The summed E-state index contributed by atoms with van der Waals surface area (Å²) in [6.07, 6.45) is 0. The quantitative estimate of drug-likeness (QED) is 0.684. The molecule has 0 aromatic heterocycles. The summed E-state index contributed by atoms with van der Waals surface area (Å²) in [6, 6.07) is 14.3. The van der Waals surface area contributed by atoms with Crippen LogP contribution in [0.3, 0.4) is 0 Å². The average molecular weight is 454 g/mol. The Balaban J connectivity index is 1.71. The van der Waals surface area contributed by atoms with Crippen LogP contribution in [-0.4, -0.2) is 23.8 Å². The minimum atomic E-state index is -1.24. The van der Waals surface area contributed by atoms with Crippen molar-refractivity contribution in [1.82, 2.24) is 5.32 Å². The van der Waals surface area contributed by atoms with Gasteiger partial charge in [0.1, 0.15) is 5.54 Å². The maximum Gasteiger partial charge on any atom is 0.250 e. The van der Waals surface area contributed by atoms with Crippen LogP contribution in [-0.2, 0) is 19.9 Å². The Kier molecular flexibility index (Phi) is 3.98. The molecule has 3 amide bonds. The monoisotopic (exact) mass is 453 g/mol. The molecular formula is C22H20BrN3O3. The van der Waals surface area contributed by atoms with Crippen molar-refractivity contribution in [3.05, 3.63) is 58.6 Å². The molecule has 2 aromatic carbocycles. The normalized spacial score (nSPS) is 30.3. The molecule has 0 unspecified atom stereocenters. The molecule has 2 N–H and O–H groups in total. The van der Waals surface area contributed by atoms with E-state index in [1.54, 1.807) is 18.2 Å². The van der Waals surface area contributed by atoms with Gasteiger partial charge in [-0.05, 0) is 40.0 Å². The highest BCUT2D eigenvalue weighted by molar-refractivity contribution is 9.10. The molecule has 3 aliphatic rings. The summed E-state index contributed by atoms with van der Waals surface area (Å²) < 4.78 is 0.668. The van der Waals surface area contributed by atoms with Crippen molar-refractivity contribution >= 4 is 45.0 Å². The lowest BCUT2D eigenvalue weighted by Crippen LogP contribution is -2.54. The van der Waals surface area contributed by atoms with Crippen LogP contribution in [0.4, 0.5) is 11.4 Å². The van der Waals surface area contributed by atoms with Gasteiger partial charge < -0.3 is 5.32 Å². The van der Waals surface area contributed by atoms with Gasteiger partial charge in [0.05, 0.1) is 17.5 Å². The highest BCUT2D eigenvalue weighted by Crippen LogP contribution is 2.54. The molecule has 0 aliphatic carbocycles. The third-order valence-corrected chi connectivity index (χ3v) is 7.04.